The molecule has 0 radical (unpaired) electrons. The van der Waals surface area contributed by atoms with Crippen molar-refractivity contribution in [3.05, 3.63) is 23.8 Å². The fourth-order valence-corrected chi connectivity index (χ4v) is 4.04. The van der Waals surface area contributed by atoms with Gasteiger partial charge >= 0.3 is 0 Å². The van der Waals surface area contributed by atoms with Gasteiger partial charge in [-0.05, 0) is 43.6 Å². The molecule has 2 amide bonds. The highest BCUT2D eigenvalue weighted by molar-refractivity contribution is 5.91. The number of rotatable bonds is 4. The maximum absolute atomic E-state index is 12.6. The summed E-state index contributed by atoms with van der Waals surface area (Å²) in [4.78, 5) is 31.1. The van der Waals surface area contributed by atoms with Crippen molar-refractivity contribution < 1.29 is 9.59 Å². The molecule has 1 atom stereocenters. The first-order valence-electron chi connectivity index (χ1n) is 9.65. The molecular weight excluding hydrogens is 344 g/mol. The number of hydrogen-bond donors (Lipinski definition) is 1. The van der Waals surface area contributed by atoms with E-state index in [-0.39, 0.29) is 29.1 Å². The predicted molar refractivity (Wildman–Crippen MR) is 99.1 cm³/mol. The number of piperidine rings is 1. The smallest absolute Gasteiger partial charge is 0.289 e. The van der Waals surface area contributed by atoms with Crippen LogP contribution < -0.4 is 5.32 Å². The van der Waals surface area contributed by atoms with Gasteiger partial charge in [0.15, 0.2) is 0 Å². The number of hydrogen-bond acceptors (Lipinski definition) is 5. The summed E-state index contributed by atoms with van der Waals surface area (Å²) < 4.78 is 1.62. The standard InChI is InChI=1S/C19H26N6O2/c1-12(2)10-15(26)24-8-5-19(6-9-24)11-14(19)21-17(27)16-22-23-18-20-13(3)4-7-25(16)18/h4,7,12,14H,5-6,8-11H2,1-3H3,(H,21,27). The average molecular weight is 370 g/mol. The summed E-state index contributed by atoms with van der Waals surface area (Å²) in [6.45, 7) is 7.59. The maximum Gasteiger partial charge on any atom is 0.289 e. The lowest BCUT2D eigenvalue weighted by molar-refractivity contribution is -0.133. The van der Waals surface area contributed by atoms with E-state index in [9.17, 15) is 9.59 Å². The lowest BCUT2D eigenvalue weighted by atomic mass is 9.92. The molecule has 1 N–H and O–H groups in total. The fourth-order valence-electron chi connectivity index (χ4n) is 4.04. The van der Waals surface area contributed by atoms with Crippen LogP contribution in [0.15, 0.2) is 12.3 Å². The van der Waals surface area contributed by atoms with Crippen molar-refractivity contribution in [2.45, 2.75) is 52.5 Å². The Kier molecular flexibility index (Phi) is 4.36. The molecule has 1 spiro atoms. The zero-order valence-corrected chi connectivity index (χ0v) is 16.1. The van der Waals surface area contributed by atoms with E-state index in [1.54, 1.807) is 10.6 Å². The van der Waals surface area contributed by atoms with Crippen molar-refractivity contribution in [1.82, 2.24) is 29.8 Å². The molecule has 8 nitrogen and oxygen atoms in total. The van der Waals surface area contributed by atoms with Crippen LogP contribution in [0, 0.1) is 18.3 Å². The number of likely N-dealkylation sites (tertiary alicyclic amines) is 1. The summed E-state index contributed by atoms with van der Waals surface area (Å²) in [7, 11) is 0. The molecule has 1 unspecified atom stereocenters. The molecule has 8 heteroatoms. The molecule has 0 bridgehead atoms. The number of aryl methyl sites for hydroxylation is 1. The molecule has 4 rings (SSSR count). The Morgan fingerprint density at radius 1 is 1.30 bits per heavy atom. The summed E-state index contributed by atoms with van der Waals surface area (Å²) >= 11 is 0. The average Bonchev–Trinajstić information content (AvgIpc) is 3.09. The van der Waals surface area contributed by atoms with E-state index in [4.69, 9.17) is 0 Å². The van der Waals surface area contributed by atoms with Gasteiger partial charge in [0.25, 0.3) is 11.7 Å². The normalized spacial score (nSPS) is 21.0. The molecule has 1 aliphatic heterocycles. The Morgan fingerprint density at radius 3 is 2.74 bits per heavy atom. The number of carbonyl (C=O) groups is 2. The van der Waals surface area contributed by atoms with E-state index < -0.39 is 0 Å². The van der Waals surface area contributed by atoms with Crippen molar-refractivity contribution in [2.24, 2.45) is 11.3 Å². The van der Waals surface area contributed by atoms with Gasteiger partial charge in [0.2, 0.25) is 11.7 Å². The Bertz CT molecular complexity index is 881. The van der Waals surface area contributed by atoms with E-state index in [0.717, 1.165) is 38.0 Å². The fraction of sp³-hybridized carbons (Fsp3) is 0.632. The van der Waals surface area contributed by atoms with Crippen molar-refractivity contribution in [1.29, 1.82) is 0 Å². The summed E-state index contributed by atoms with van der Waals surface area (Å²) in [5.74, 6) is 1.12. The van der Waals surface area contributed by atoms with Crippen molar-refractivity contribution in [3.63, 3.8) is 0 Å². The van der Waals surface area contributed by atoms with Gasteiger partial charge in [0.05, 0.1) is 0 Å². The van der Waals surface area contributed by atoms with Crippen LogP contribution >= 0.6 is 0 Å². The SMILES string of the molecule is Cc1ccn2c(C(=O)NC3CC34CCN(C(=O)CC(C)C)CC4)nnc2n1. The summed E-state index contributed by atoms with van der Waals surface area (Å²) in [6, 6.07) is 1.98. The minimum absolute atomic E-state index is 0.138. The highest BCUT2D eigenvalue weighted by Crippen LogP contribution is 2.54. The zero-order chi connectivity index (χ0) is 19.2. The van der Waals surface area contributed by atoms with Crippen LogP contribution in [-0.2, 0) is 4.79 Å². The molecular formula is C19H26N6O2. The van der Waals surface area contributed by atoms with Gasteiger partial charge in [0, 0.05) is 37.4 Å². The van der Waals surface area contributed by atoms with Gasteiger partial charge in [-0.15, -0.1) is 10.2 Å². The molecule has 3 heterocycles. The van der Waals surface area contributed by atoms with E-state index in [0.29, 0.717) is 18.1 Å². The van der Waals surface area contributed by atoms with Gasteiger partial charge in [-0.25, -0.2) is 4.98 Å². The molecule has 2 fully saturated rings. The van der Waals surface area contributed by atoms with E-state index in [2.05, 4.69) is 34.3 Å². The van der Waals surface area contributed by atoms with Crippen LogP contribution in [0.4, 0.5) is 0 Å². The number of amides is 2. The van der Waals surface area contributed by atoms with Crippen LogP contribution in [-0.4, -0.2) is 55.4 Å². The second-order valence-electron chi connectivity index (χ2n) is 8.33. The number of carbonyl (C=O) groups excluding carboxylic acids is 2. The largest absolute Gasteiger partial charge is 0.346 e. The Morgan fingerprint density at radius 2 is 2.04 bits per heavy atom. The Hall–Kier alpha value is -2.51. The van der Waals surface area contributed by atoms with Crippen LogP contribution in [0.2, 0.25) is 0 Å². The minimum atomic E-state index is -0.214. The molecule has 27 heavy (non-hydrogen) atoms. The number of nitrogens with one attached hydrogen (secondary N) is 1. The van der Waals surface area contributed by atoms with Crippen LogP contribution in [0.5, 0.6) is 0 Å². The number of fused-ring (bicyclic) bond motifs is 1. The molecule has 2 aromatic heterocycles. The van der Waals surface area contributed by atoms with Gasteiger partial charge in [-0.1, -0.05) is 13.8 Å². The van der Waals surface area contributed by atoms with Crippen molar-refractivity contribution in [3.8, 4) is 0 Å². The van der Waals surface area contributed by atoms with E-state index >= 15 is 0 Å². The number of nitrogens with zero attached hydrogens (tertiary/aromatic N) is 5. The lowest BCUT2D eigenvalue weighted by Crippen LogP contribution is -2.42. The molecule has 1 aliphatic carbocycles. The van der Waals surface area contributed by atoms with Gasteiger partial charge in [-0.2, -0.15) is 0 Å². The third-order valence-corrected chi connectivity index (χ3v) is 5.81. The van der Waals surface area contributed by atoms with E-state index in [1.807, 2.05) is 17.9 Å². The van der Waals surface area contributed by atoms with Gasteiger partial charge < -0.3 is 10.2 Å². The summed E-state index contributed by atoms with van der Waals surface area (Å²) in [6.07, 6.45) is 5.25. The quantitative estimate of drug-likeness (QED) is 0.882. The zero-order valence-electron chi connectivity index (χ0n) is 16.1. The second-order valence-corrected chi connectivity index (χ2v) is 8.33. The molecule has 144 valence electrons. The Labute approximate surface area is 158 Å². The summed E-state index contributed by atoms with van der Waals surface area (Å²) in [5, 5.41) is 11.1. The van der Waals surface area contributed by atoms with Crippen LogP contribution in [0.25, 0.3) is 5.78 Å². The first-order valence-corrected chi connectivity index (χ1v) is 9.65. The van der Waals surface area contributed by atoms with E-state index in [1.165, 1.54) is 0 Å². The van der Waals surface area contributed by atoms with Crippen LogP contribution in [0.3, 0.4) is 0 Å². The molecule has 2 aliphatic rings. The van der Waals surface area contributed by atoms with Crippen LogP contribution in [0.1, 0.15) is 55.8 Å². The minimum Gasteiger partial charge on any atom is -0.346 e. The van der Waals surface area contributed by atoms with Gasteiger partial charge in [0.1, 0.15) is 0 Å². The second kappa shape index (κ2) is 6.58. The number of aromatic nitrogens is 4. The first-order chi connectivity index (χ1) is 12.9. The third-order valence-electron chi connectivity index (χ3n) is 5.81. The van der Waals surface area contributed by atoms with Gasteiger partial charge in [-0.3, -0.25) is 14.0 Å². The highest BCUT2D eigenvalue weighted by Gasteiger charge is 2.56. The molecule has 0 aromatic carbocycles. The third kappa shape index (κ3) is 3.40. The van der Waals surface area contributed by atoms with Crippen molar-refractivity contribution >= 4 is 17.6 Å². The molecule has 2 aromatic rings. The van der Waals surface area contributed by atoms with Crippen molar-refractivity contribution in [2.75, 3.05) is 13.1 Å². The highest BCUT2D eigenvalue weighted by atomic mass is 16.2. The Balaban J connectivity index is 1.35. The maximum atomic E-state index is 12.6. The monoisotopic (exact) mass is 370 g/mol. The topological polar surface area (TPSA) is 92.5 Å². The molecule has 1 saturated carbocycles. The summed E-state index contributed by atoms with van der Waals surface area (Å²) in [5.41, 5.74) is 0.973. The lowest BCUT2D eigenvalue weighted by Gasteiger charge is -2.33. The first kappa shape index (κ1) is 17.9. The predicted octanol–water partition coefficient (Wildman–Crippen LogP) is 1.59. The molecule has 1 saturated heterocycles.